The second-order valence-corrected chi connectivity index (χ2v) is 5.70. The molecular weight excluding hydrogens is 350 g/mol. The van der Waals surface area contributed by atoms with Crippen LogP contribution in [0.5, 0.6) is 11.5 Å². The number of carbonyl (C=O) groups excluding carboxylic acids is 3. The lowest BCUT2D eigenvalue weighted by Gasteiger charge is -2.05. The number of nitrogens with one attached hydrogen (secondary N) is 2. The number of thiophene rings is 1. The molecule has 2 rings (SSSR count). The van der Waals surface area contributed by atoms with E-state index in [4.69, 9.17) is 10.5 Å². The lowest BCUT2D eigenvalue weighted by atomic mass is 10.1. The molecule has 10 heteroatoms. The fourth-order valence-electron chi connectivity index (χ4n) is 1.92. The lowest BCUT2D eigenvalue weighted by Crippen LogP contribution is -2.25. The molecule has 1 heterocycles. The quantitative estimate of drug-likeness (QED) is 0.483. The molecule has 0 fully saturated rings. The molecule has 0 aliphatic heterocycles. The van der Waals surface area contributed by atoms with Crippen LogP contribution in [0.1, 0.15) is 10.4 Å². The highest BCUT2D eigenvalue weighted by Gasteiger charge is 2.21. The molecular formula is C15H15N3O6S. The van der Waals surface area contributed by atoms with E-state index in [0.29, 0.717) is 10.4 Å². The zero-order valence-corrected chi connectivity index (χ0v) is 14.1. The van der Waals surface area contributed by atoms with Crippen LogP contribution in [0.2, 0.25) is 0 Å². The number of amides is 3. The van der Waals surface area contributed by atoms with E-state index in [1.54, 1.807) is 12.1 Å². The van der Waals surface area contributed by atoms with Gasteiger partial charge >= 0.3 is 18.1 Å². The number of phenolic OH excluding ortho intramolecular Hbond substituents is 1. The summed E-state index contributed by atoms with van der Waals surface area (Å²) < 4.78 is 9.42. The molecule has 9 nitrogen and oxygen atoms in total. The third-order valence-corrected chi connectivity index (χ3v) is 4.16. The Labute approximate surface area is 146 Å². The van der Waals surface area contributed by atoms with Crippen molar-refractivity contribution in [1.82, 2.24) is 5.32 Å². The molecule has 0 atom stereocenters. The summed E-state index contributed by atoms with van der Waals surface area (Å²) in [7, 11) is 2.82. The normalized spacial score (nSPS) is 10.0. The minimum absolute atomic E-state index is 0.0329. The summed E-state index contributed by atoms with van der Waals surface area (Å²) >= 11 is 1.07. The van der Waals surface area contributed by atoms with Crippen LogP contribution >= 0.6 is 11.3 Å². The van der Waals surface area contributed by atoms with Gasteiger partial charge in [-0.25, -0.2) is 14.4 Å². The number of aromatic hydroxyl groups is 1. The summed E-state index contributed by atoms with van der Waals surface area (Å²) in [5, 5.41) is 14.7. The molecule has 3 amide bonds. The van der Waals surface area contributed by atoms with Gasteiger partial charge in [-0.3, -0.25) is 5.32 Å². The number of ether oxygens (including phenoxy) is 2. The number of hydrogen-bond donors (Lipinski definition) is 4. The van der Waals surface area contributed by atoms with Crippen molar-refractivity contribution < 1.29 is 29.0 Å². The van der Waals surface area contributed by atoms with Crippen molar-refractivity contribution in [3.8, 4) is 21.9 Å². The maximum Gasteiger partial charge on any atom is 0.412 e. The molecule has 0 bridgehead atoms. The van der Waals surface area contributed by atoms with Gasteiger partial charge in [0.05, 0.1) is 12.7 Å². The number of esters is 1. The van der Waals surface area contributed by atoms with Crippen molar-refractivity contribution >= 4 is 34.4 Å². The van der Waals surface area contributed by atoms with Gasteiger partial charge in [-0.05, 0) is 29.8 Å². The van der Waals surface area contributed by atoms with Crippen LogP contribution < -0.4 is 21.1 Å². The number of urea groups is 1. The standard InChI is InChI=1S/C15H15N3O6S/c1-17-15(22)18-12-8(13(20)24-14(16)21)6-11(25-12)7-3-4-9(19)10(5-7)23-2/h3-6,19H,1-2H3,(H2,16,21)(H2,17,18,22). The van der Waals surface area contributed by atoms with Crippen LogP contribution in [0.25, 0.3) is 10.4 Å². The summed E-state index contributed by atoms with van der Waals surface area (Å²) in [6.07, 6.45) is -1.25. The topological polar surface area (TPSA) is 140 Å². The van der Waals surface area contributed by atoms with E-state index in [0.717, 1.165) is 11.3 Å². The van der Waals surface area contributed by atoms with E-state index in [1.165, 1.54) is 26.3 Å². The van der Waals surface area contributed by atoms with Gasteiger partial charge in [-0.2, -0.15) is 0 Å². The van der Waals surface area contributed by atoms with E-state index >= 15 is 0 Å². The summed E-state index contributed by atoms with van der Waals surface area (Å²) in [5.41, 5.74) is 5.45. The highest BCUT2D eigenvalue weighted by molar-refractivity contribution is 7.20. The molecule has 0 aliphatic carbocycles. The van der Waals surface area contributed by atoms with Crippen molar-refractivity contribution in [3.63, 3.8) is 0 Å². The van der Waals surface area contributed by atoms with Crippen LogP contribution in [0.3, 0.4) is 0 Å². The Morgan fingerprint density at radius 3 is 2.56 bits per heavy atom. The second-order valence-electron chi connectivity index (χ2n) is 4.65. The highest BCUT2D eigenvalue weighted by Crippen LogP contribution is 2.39. The molecule has 0 saturated heterocycles. The largest absolute Gasteiger partial charge is 0.504 e. The monoisotopic (exact) mass is 365 g/mol. The third-order valence-electron chi connectivity index (χ3n) is 3.06. The number of phenols is 1. The number of carbonyl (C=O) groups is 3. The number of nitrogens with two attached hydrogens (primary N) is 1. The Morgan fingerprint density at radius 2 is 1.96 bits per heavy atom. The SMILES string of the molecule is CNC(=O)Nc1sc(-c2ccc(O)c(OC)c2)cc1C(=O)OC(N)=O. The molecule has 0 unspecified atom stereocenters. The molecule has 1 aromatic carbocycles. The zero-order valence-electron chi connectivity index (χ0n) is 13.3. The first kappa shape index (κ1) is 18.1. The van der Waals surface area contributed by atoms with E-state index in [9.17, 15) is 19.5 Å². The van der Waals surface area contributed by atoms with Gasteiger partial charge in [0.1, 0.15) is 5.00 Å². The van der Waals surface area contributed by atoms with Crippen LogP contribution in [-0.4, -0.2) is 37.4 Å². The van der Waals surface area contributed by atoms with Crippen LogP contribution in [0.15, 0.2) is 24.3 Å². The molecule has 0 saturated carbocycles. The summed E-state index contributed by atoms with van der Waals surface area (Å²) in [4.78, 5) is 35.0. The van der Waals surface area contributed by atoms with Crippen molar-refractivity contribution in [2.75, 3.05) is 19.5 Å². The van der Waals surface area contributed by atoms with Crippen molar-refractivity contribution in [3.05, 3.63) is 29.8 Å². The Balaban J connectivity index is 2.47. The molecule has 25 heavy (non-hydrogen) atoms. The van der Waals surface area contributed by atoms with Gasteiger partial charge in [0.15, 0.2) is 11.5 Å². The van der Waals surface area contributed by atoms with E-state index in [1.807, 2.05) is 0 Å². The number of anilines is 1. The summed E-state index contributed by atoms with van der Waals surface area (Å²) in [6.45, 7) is 0. The average molecular weight is 365 g/mol. The number of methoxy groups -OCH3 is 1. The van der Waals surface area contributed by atoms with Gasteiger partial charge in [0.2, 0.25) is 0 Å². The molecule has 0 spiro atoms. The van der Waals surface area contributed by atoms with Gasteiger partial charge in [-0.1, -0.05) is 0 Å². The number of benzene rings is 1. The minimum atomic E-state index is -1.25. The Morgan fingerprint density at radius 1 is 1.24 bits per heavy atom. The second kappa shape index (κ2) is 7.53. The maximum absolute atomic E-state index is 12.0. The molecule has 0 radical (unpaired) electrons. The van der Waals surface area contributed by atoms with Gasteiger partial charge < -0.3 is 25.6 Å². The third kappa shape index (κ3) is 4.18. The van der Waals surface area contributed by atoms with E-state index < -0.39 is 18.1 Å². The minimum Gasteiger partial charge on any atom is -0.504 e. The van der Waals surface area contributed by atoms with Crippen molar-refractivity contribution in [1.29, 1.82) is 0 Å². The number of hydrogen-bond acceptors (Lipinski definition) is 7. The number of rotatable bonds is 4. The average Bonchev–Trinajstić information content (AvgIpc) is 2.98. The maximum atomic E-state index is 12.0. The number of primary amides is 1. The van der Waals surface area contributed by atoms with Crippen molar-refractivity contribution in [2.45, 2.75) is 0 Å². The lowest BCUT2D eigenvalue weighted by molar-refractivity contribution is 0.0640. The van der Waals surface area contributed by atoms with Crippen LogP contribution in [-0.2, 0) is 4.74 Å². The van der Waals surface area contributed by atoms with Crippen LogP contribution in [0, 0.1) is 0 Å². The first-order chi connectivity index (χ1) is 11.8. The predicted octanol–water partition coefficient (Wildman–Crippen LogP) is 2.12. The first-order valence-corrected chi connectivity index (χ1v) is 7.69. The predicted molar refractivity (Wildman–Crippen MR) is 91.0 cm³/mol. The Hall–Kier alpha value is -3.27. The molecule has 2 aromatic rings. The van der Waals surface area contributed by atoms with Crippen molar-refractivity contribution in [2.24, 2.45) is 5.73 Å². The summed E-state index contributed by atoms with van der Waals surface area (Å²) in [5.74, 6) is -0.792. The fraction of sp³-hybridized carbons (Fsp3) is 0.133. The van der Waals surface area contributed by atoms with Crippen LogP contribution in [0.4, 0.5) is 14.6 Å². The van der Waals surface area contributed by atoms with E-state index in [-0.39, 0.29) is 22.1 Å². The van der Waals surface area contributed by atoms with Gasteiger partial charge in [0.25, 0.3) is 0 Å². The Bertz CT molecular complexity index is 833. The summed E-state index contributed by atoms with van der Waals surface area (Å²) in [6, 6.07) is 5.49. The Kier molecular flexibility index (Phi) is 5.45. The fourth-order valence-corrected chi connectivity index (χ4v) is 2.96. The molecule has 1 aromatic heterocycles. The molecule has 132 valence electrons. The first-order valence-electron chi connectivity index (χ1n) is 6.87. The smallest absolute Gasteiger partial charge is 0.412 e. The molecule has 5 N–H and O–H groups in total. The molecule has 0 aliphatic rings. The van der Waals surface area contributed by atoms with Gasteiger partial charge in [-0.15, -0.1) is 11.3 Å². The van der Waals surface area contributed by atoms with Gasteiger partial charge in [0, 0.05) is 11.9 Å². The van der Waals surface area contributed by atoms with E-state index in [2.05, 4.69) is 15.4 Å². The zero-order chi connectivity index (χ0) is 18.6. The highest BCUT2D eigenvalue weighted by atomic mass is 32.1.